The smallest absolute Gasteiger partial charge is 0.282 e. The van der Waals surface area contributed by atoms with Gasteiger partial charge in [0.15, 0.2) is 0 Å². The van der Waals surface area contributed by atoms with E-state index in [1.54, 1.807) is 0 Å². The van der Waals surface area contributed by atoms with E-state index in [1.165, 1.54) is 0 Å². The van der Waals surface area contributed by atoms with Crippen molar-refractivity contribution in [1.29, 1.82) is 0 Å². The summed E-state index contributed by atoms with van der Waals surface area (Å²) in [4.78, 5) is 0. The molecule has 0 aromatic carbocycles. The zero-order chi connectivity index (χ0) is 3.58. The first-order valence-electron chi connectivity index (χ1n) is 0.478. The van der Waals surface area contributed by atoms with Crippen LogP contribution in [-0.2, 0) is 0 Å². The molecule has 0 heterocycles. The zero-order valence-electron chi connectivity index (χ0n) is 2.85. The second-order valence-corrected chi connectivity index (χ2v) is 0.603. The van der Waals surface area contributed by atoms with Crippen LogP contribution >= 0.6 is 0 Å². The standard InChI is InChI=1S/Ba.ClHO3.H2O/c;2-1(3)4;/h;2H;1H2. The Morgan fingerprint density at radius 2 is 1.33 bits per heavy atom. The third kappa shape index (κ3) is 43.5. The van der Waals surface area contributed by atoms with E-state index in [4.69, 9.17) is 14.0 Å². The van der Waals surface area contributed by atoms with Crippen LogP contribution in [-0.4, -0.2) is 59.0 Å². The van der Waals surface area contributed by atoms with Gasteiger partial charge in [0.1, 0.15) is 0 Å². The fourth-order valence-corrected chi connectivity index (χ4v) is 0. The van der Waals surface area contributed by atoms with Gasteiger partial charge < -0.3 is 14.8 Å². The third-order valence-electron chi connectivity index (χ3n) is 0. The molecule has 0 aliphatic rings. The summed E-state index contributed by atoms with van der Waals surface area (Å²) in [5.74, 6) is 0. The average Bonchev–Trinajstić information content (AvgIpc) is 0.811. The van der Waals surface area contributed by atoms with E-state index in [2.05, 4.69) is 0 Å². The van der Waals surface area contributed by atoms with Crippen LogP contribution in [0.4, 0.5) is 0 Å². The van der Waals surface area contributed by atoms with Crippen LogP contribution in [0, 0.1) is 10.8 Å². The molecule has 0 fully saturated rings. The predicted molar refractivity (Wildman–Crippen MR) is 11.6 cm³/mol. The molecule has 0 aliphatic carbocycles. The van der Waals surface area contributed by atoms with Gasteiger partial charge in [-0.2, -0.15) is 0 Å². The molecule has 6 heteroatoms. The Hall–Kier alpha value is 1.70. The fraction of sp³-hybridized carbons (Fsp3) is 0. The summed E-state index contributed by atoms with van der Waals surface area (Å²) in [6, 6.07) is 0. The Bertz CT molecular complexity index is 12.3. The van der Waals surface area contributed by atoms with Crippen molar-refractivity contribution in [1.82, 2.24) is 0 Å². The first-order valence-corrected chi connectivity index (χ1v) is 1.43. The molecule has 0 saturated heterocycles. The molecule has 0 amide bonds. The van der Waals surface area contributed by atoms with Crippen molar-refractivity contribution >= 4 is 48.9 Å². The minimum Gasteiger partial charge on any atom is -0.412 e. The van der Waals surface area contributed by atoms with E-state index >= 15 is 0 Å². The van der Waals surface area contributed by atoms with Crippen LogP contribution in [0.3, 0.4) is 0 Å². The SMILES string of the molecule is O.[Ba].[O-][Cl+2]([O-])O. The van der Waals surface area contributed by atoms with Crippen molar-refractivity contribution in [2.24, 2.45) is 0 Å². The molecule has 0 aromatic rings. The molecule has 4 nitrogen and oxygen atoms in total. The van der Waals surface area contributed by atoms with E-state index in [-0.39, 0.29) is 54.4 Å². The van der Waals surface area contributed by atoms with Gasteiger partial charge in [-0.05, 0) is 0 Å². The number of rotatable bonds is 0. The van der Waals surface area contributed by atoms with Crippen molar-refractivity contribution in [2.75, 3.05) is 0 Å². The molecule has 0 bridgehead atoms. The van der Waals surface area contributed by atoms with Gasteiger partial charge in [-0.15, -0.1) is 0 Å². The Labute approximate surface area is 77.9 Å². The maximum Gasteiger partial charge on any atom is 0.282 e. The van der Waals surface area contributed by atoms with Gasteiger partial charge in [0.2, 0.25) is 0 Å². The maximum absolute atomic E-state index is 8.52. The normalized spacial score (nSPS) is 6.00. The van der Waals surface area contributed by atoms with Gasteiger partial charge in [0, 0.05) is 53.5 Å². The minimum atomic E-state index is -2.60. The Balaban J connectivity index is -0.0000000450. The van der Waals surface area contributed by atoms with E-state index in [0.29, 0.717) is 0 Å². The number of hydrogen-bond donors (Lipinski definition) is 1. The molecule has 0 rings (SSSR count). The Kier molecular flexibility index (Phi) is 25.7. The van der Waals surface area contributed by atoms with Gasteiger partial charge in [0.05, 0.1) is 0 Å². The summed E-state index contributed by atoms with van der Waals surface area (Å²) in [5.41, 5.74) is 0. The molecule has 0 aromatic heterocycles. The van der Waals surface area contributed by atoms with E-state index in [1.807, 2.05) is 0 Å². The van der Waals surface area contributed by atoms with E-state index < -0.39 is 10.8 Å². The van der Waals surface area contributed by atoms with Gasteiger partial charge in [-0.1, -0.05) is 0 Å². The molecule has 3 N–H and O–H groups in total. The van der Waals surface area contributed by atoms with Crippen LogP contribution in [0.5, 0.6) is 0 Å². The van der Waals surface area contributed by atoms with Crippen molar-refractivity contribution in [2.45, 2.75) is 0 Å². The van der Waals surface area contributed by atoms with Crippen LogP contribution in [0.25, 0.3) is 0 Å². The van der Waals surface area contributed by atoms with Crippen molar-refractivity contribution in [3.05, 3.63) is 0 Å². The minimum absolute atomic E-state index is 0. The second-order valence-electron chi connectivity index (χ2n) is 0.201. The first-order chi connectivity index (χ1) is 1.73. The van der Waals surface area contributed by atoms with Crippen molar-refractivity contribution in [3.8, 4) is 0 Å². The molecule has 6 heavy (non-hydrogen) atoms. The summed E-state index contributed by atoms with van der Waals surface area (Å²) in [6.07, 6.45) is 0. The van der Waals surface area contributed by atoms with E-state index in [0.717, 1.165) is 0 Å². The molecular weight excluding hydrogens is 237 g/mol. The molecule has 0 saturated carbocycles. The second kappa shape index (κ2) is 9.86. The van der Waals surface area contributed by atoms with Gasteiger partial charge >= 0.3 is 0 Å². The molecule has 0 atom stereocenters. The summed E-state index contributed by atoms with van der Waals surface area (Å²) in [6.45, 7) is 0. The van der Waals surface area contributed by atoms with Gasteiger partial charge in [-0.3, -0.25) is 0 Å². The van der Waals surface area contributed by atoms with Gasteiger partial charge in [-0.25, -0.2) is 0 Å². The quantitative estimate of drug-likeness (QED) is 0.435. The van der Waals surface area contributed by atoms with Crippen LogP contribution in [0.15, 0.2) is 0 Å². The van der Waals surface area contributed by atoms with Crippen molar-refractivity contribution in [3.63, 3.8) is 0 Å². The first kappa shape index (κ1) is 15.6. The largest absolute Gasteiger partial charge is 0.412 e. The van der Waals surface area contributed by atoms with Gasteiger partial charge in [0.25, 0.3) is 10.8 Å². The molecule has 2 radical (unpaired) electrons. The van der Waals surface area contributed by atoms with Crippen LogP contribution in [0.1, 0.15) is 0 Å². The Morgan fingerprint density at radius 1 is 1.33 bits per heavy atom. The summed E-state index contributed by atoms with van der Waals surface area (Å²) < 4.78 is 24.0. The van der Waals surface area contributed by atoms with Crippen LogP contribution in [0.2, 0.25) is 0 Å². The van der Waals surface area contributed by atoms with Crippen LogP contribution < -0.4 is 9.32 Å². The summed E-state index contributed by atoms with van der Waals surface area (Å²) >= 11 is 0. The average molecular weight is 240 g/mol. The summed E-state index contributed by atoms with van der Waals surface area (Å²) in [5, 5.41) is 0. The third-order valence-corrected chi connectivity index (χ3v) is 0. The van der Waals surface area contributed by atoms with Crippen molar-refractivity contribution < 1.29 is 30.2 Å². The monoisotopic (exact) mass is 240 g/mol. The van der Waals surface area contributed by atoms with E-state index in [9.17, 15) is 0 Å². The molecule has 0 aliphatic heterocycles. The zero-order valence-corrected chi connectivity index (χ0v) is 8.05. The maximum atomic E-state index is 8.52. The number of hydrogen-bond acceptors (Lipinski definition) is 3. The summed E-state index contributed by atoms with van der Waals surface area (Å²) in [7, 11) is -2.60. The molecule has 0 unspecified atom stereocenters. The molecule has 0 spiro atoms. The molecule has 36 valence electrons. The fourth-order valence-electron chi connectivity index (χ4n) is 0. The predicted octanol–water partition coefficient (Wildman–Crippen LogP) is -4.14. The topological polar surface area (TPSA) is 97.9 Å². The molecular formula is H3BaClO4. The number of halogens is 1. The Morgan fingerprint density at radius 3 is 1.33 bits per heavy atom.